The molecule has 1 unspecified atom stereocenters. The van der Waals surface area contributed by atoms with Gasteiger partial charge in [0, 0.05) is 0 Å². The lowest BCUT2D eigenvalue weighted by Crippen LogP contribution is -2.12. The van der Waals surface area contributed by atoms with Crippen molar-refractivity contribution in [3.63, 3.8) is 0 Å². The molecule has 0 fully saturated rings. The molecule has 1 aromatic rings. The van der Waals surface area contributed by atoms with Gasteiger partial charge in [0.2, 0.25) is 0 Å². The van der Waals surface area contributed by atoms with Gasteiger partial charge in [-0.15, -0.1) is 0 Å². The van der Waals surface area contributed by atoms with E-state index in [1.165, 1.54) is 38.5 Å². The van der Waals surface area contributed by atoms with Gasteiger partial charge in [-0.05, 0) is 38.8 Å². The molecule has 0 radical (unpaired) electrons. The summed E-state index contributed by atoms with van der Waals surface area (Å²) in [6, 6.07) is 10.1. The zero-order chi connectivity index (χ0) is 15.4. The second-order valence-electron chi connectivity index (χ2n) is 5.44. The Morgan fingerprint density at radius 1 is 0.857 bits per heavy atom. The van der Waals surface area contributed by atoms with Crippen molar-refractivity contribution >= 4 is 7.72 Å². The van der Waals surface area contributed by atoms with Crippen molar-refractivity contribution in [3.8, 4) is 5.75 Å². The lowest BCUT2D eigenvalue weighted by atomic mass is 10.1. The van der Waals surface area contributed by atoms with Crippen molar-refractivity contribution in [2.75, 3.05) is 18.9 Å². The molecule has 3 heteroatoms. The highest BCUT2D eigenvalue weighted by Crippen LogP contribution is 2.60. The van der Waals surface area contributed by atoms with Gasteiger partial charge in [-0.2, -0.15) is 4.52 Å². The van der Waals surface area contributed by atoms with Gasteiger partial charge in [-0.3, -0.25) is 0 Å². The normalized spacial score (nSPS) is 13.9. The van der Waals surface area contributed by atoms with Crippen molar-refractivity contribution in [3.05, 3.63) is 30.3 Å². The number of rotatable bonds is 12. The molecule has 2 nitrogen and oxygen atoms in total. The molecule has 0 N–H and O–H groups in total. The number of hydrogen-bond donors (Lipinski definition) is 0. The van der Waals surface area contributed by atoms with Crippen LogP contribution in [0.25, 0.3) is 0 Å². The fourth-order valence-corrected chi connectivity index (χ4v) is 5.08. The van der Waals surface area contributed by atoms with Crippen molar-refractivity contribution in [2.45, 2.75) is 59.3 Å². The number of benzene rings is 1. The third kappa shape index (κ3) is 7.29. The highest BCUT2D eigenvalue weighted by Gasteiger charge is 2.40. The quantitative estimate of drug-likeness (QED) is 0.332. The summed E-state index contributed by atoms with van der Waals surface area (Å²) >= 11 is 0. The third-order valence-electron chi connectivity index (χ3n) is 3.71. The Kier molecular flexibility index (Phi) is 9.70. The SMILES string of the molecule is CCCCCCCC[P+](CC)(OCC)Oc1ccccc1. The van der Waals surface area contributed by atoms with Crippen LogP contribution in [-0.4, -0.2) is 18.9 Å². The highest BCUT2D eigenvalue weighted by molar-refractivity contribution is 7.66. The van der Waals surface area contributed by atoms with E-state index in [0.29, 0.717) is 0 Å². The standard InChI is InChI=1S/C18H32O2P/c1-4-7-8-9-10-14-17-21(6-3,19-5-2)20-18-15-12-11-13-16-18/h11-13,15-16H,4-10,14,17H2,1-3H3/q+1. The van der Waals surface area contributed by atoms with Crippen LogP contribution in [0.1, 0.15) is 59.3 Å². The molecule has 0 aliphatic heterocycles. The van der Waals surface area contributed by atoms with Crippen LogP contribution in [0.15, 0.2) is 30.3 Å². The molecule has 1 rings (SSSR count). The van der Waals surface area contributed by atoms with Crippen LogP contribution in [0, 0.1) is 0 Å². The Hall–Kier alpha value is -0.590. The Labute approximate surface area is 131 Å². The minimum atomic E-state index is -1.75. The van der Waals surface area contributed by atoms with Crippen molar-refractivity contribution < 1.29 is 9.05 Å². The van der Waals surface area contributed by atoms with Gasteiger partial charge >= 0.3 is 7.72 Å². The lowest BCUT2D eigenvalue weighted by molar-refractivity contribution is 0.313. The second kappa shape index (κ2) is 11.0. The summed E-state index contributed by atoms with van der Waals surface area (Å²) in [6.07, 6.45) is 9.97. The summed E-state index contributed by atoms with van der Waals surface area (Å²) in [5, 5.41) is 0. The maximum absolute atomic E-state index is 6.31. The van der Waals surface area contributed by atoms with E-state index >= 15 is 0 Å². The molecule has 0 saturated carbocycles. The van der Waals surface area contributed by atoms with Crippen LogP contribution in [0.4, 0.5) is 0 Å². The lowest BCUT2D eigenvalue weighted by Gasteiger charge is -2.23. The number of unbranched alkanes of at least 4 members (excludes halogenated alkanes) is 5. The Morgan fingerprint density at radius 2 is 1.52 bits per heavy atom. The van der Waals surface area contributed by atoms with Gasteiger partial charge < -0.3 is 4.52 Å². The topological polar surface area (TPSA) is 18.5 Å². The van der Waals surface area contributed by atoms with Crippen molar-refractivity contribution in [1.29, 1.82) is 0 Å². The molecular weight excluding hydrogens is 279 g/mol. The van der Waals surface area contributed by atoms with Gasteiger partial charge in [0.15, 0.2) is 5.75 Å². The van der Waals surface area contributed by atoms with E-state index in [0.717, 1.165) is 24.7 Å². The Morgan fingerprint density at radius 3 is 2.14 bits per heavy atom. The van der Waals surface area contributed by atoms with Gasteiger partial charge in [0.25, 0.3) is 0 Å². The van der Waals surface area contributed by atoms with Crippen LogP contribution in [0.2, 0.25) is 0 Å². The average Bonchev–Trinajstić information content (AvgIpc) is 2.52. The van der Waals surface area contributed by atoms with E-state index in [2.05, 4.69) is 20.8 Å². The van der Waals surface area contributed by atoms with Crippen LogP contribution in [0.3, 0.4) is 0 Å². The molecule has 0 spiro atoms. The fourth-order valence-electron chi connectivity index (χ4n) is 2.49. The molecule has 0 bridgehead atoms. The molecule has 1 aromatic carbocycles. The third-order valence-corrected chi connectivity index (χ3v) is 6.95. The molecule has 0 saturated heterocycles. The predicted molar refractivity (Wildman–Crippen MR) is 94.4 cm³/mol. The minimum absolute atomic E-state index is 0.740. The maximum atomic E-state index is 6.31. The maximum Gasteiger partial charge on any atom is 0.319 e. The van der Waals surface area contributed by atoms with Gasteiger partial charge in [-0.1, -0.05) is 50.8 Å². The van der Waals surface area contributed by atoms with E-state index in [4.69, 9.17) is 9.05 Å². The van der Waals surface area contributed by atoms with Crippen LogP contribution >= 0.6 is 7.72 Å². The van der Waals surface area contributed by atoms with Crippen molar-refractivity contribution in [2.24, 2.45) is 0 Å². The zero-order valence-electron chi connectivity index (χ0n) is 14.0. The number of para-hydroxylation sites is 1. The second-order valence-corrected chi connectivity index (χ2v) is 8.59. The summed E-state index contributed by atoms with van der Waals surface area (Å²) in [5.41, 5.74) is 0. The van der Waals surface area contributed by atoms with Crippen LogP contribution < -0.4 is 4.52 Å². The van der Waals surface area contributed by atoms with Gasteiger partial charge in [0.1, 0.15) is 12.3 Å². The van der Waals surface area contributed by atoms with E-state index < -0.39 is 7.72 Å². The first-order valence-electron chi connectivity index (χ1n) is 8.52. The molecule has 0 aliphatic rings. The summed E-state index contributed by atoms with van der Waals surface area (Å²) in [4.78, 5) is 0. The first-order chi connectivity index (χ1) is 10.3. The fraction of sp³-hybridized carbons (Fsp3) is 0.667. The predicted octanol–water partition coefficient (Wildman–Crippen LogP) is 6.33. The van der Waals surface area contributed by atoms with E-state index in [-0.39, 0.29) is 0 Å². The summed E-state index contributed by atoms with van der Waals surface area (Å²) in [5.74, 6) is 0.951. The zero-order valence-corrected chi connectivity index (χ0v) is 14.9. The van der Waals surface area contributed by atoms with Gasteiger partial charge in [-0.25, -0.2) is 0 Å². The molecular formula is C18H32O2P+. The molecule has 0 aromatic heterocycles. The first-order valence-corrected chi connectivity index (χ1v) is 10.5. The summed E-state index contributed by atoms with van der Waals surface area (Å²) in [6.45, 7) is 7.27. The molecule has 0 amide bonds. The molecule has 1 atom stereocenters. The summed E-state index contributed by atoms with van der Waals surface area (Å²) < 4.78 is 12.4. The summed E-state index contributed by atoms with van der Waals surface area (Å²) in [7, 11) is -1.75. The van der Waals surface area contributed by atoms with Crippen LogP contribution in [-0.2, 0) is 4.52 Å². The highest BCUT2D eigenvalue weighted by atomic mass is 31.2. The first kappa shape index (κ1) is 18.5. The molecule has 0 aliphatic carbocycles. The minimum Gasteiger partial charge on any atom is -0.320 e. The Bertz CT molecular complexity index is 355. The van der Waals surface area contributed by atoms with Crippen LogP contribution in [0.5, 0.6) is 5.75 Å². The van der Waals surface area contributed by atoms with E-state index in [1.54, 1.807) is 0 Å². The van der Waals surface area contributed by atoms with E-state index in [1.807, 2.05) is 30.3 Å². The van der Waals surface area contributed by atoms with E-state index in [9.17, 15) is 0 Å². The average molecular weight is 311 g/mol. The van der Waals surface area contributed by atoms with Crippen molar-refractivity contribution in [1.82, 2.24) is 0 Å². The molecule has 120 valence electrons. The van der Waals surface area contributed by atoms with Gasteiger partial charge in [0.05, 0.1) is 6.61 Å². The largest absolute Gasteiger partial charge is 0.320 e. The monoisotopic (exact) mass is 311 g/mol. The molecule has 21 heavy (non-hydrogen) atoms. The molecule has 0 heterocycles. The Balaban J connectivity index is 2.49. The number of hydrogen-bond acceptors (Lipinski definition) is 2. The smallest absolute Gasteiger partial charge is 0.319 e.